The average Bonchev–Trinajstić information content (AvgIpc) is 1.64. The molecule has 720 valence electrons. The second-order valence-corrected chi connectivity index (χ2v) is 36.3. The molecule has 4 aliphatic heterocycles. The molecule has 4 fully saturated rings. The Bertz CT molecular complexity index is 4110. The molecule has 5 rings (SSSR count). The molecule has 4 heterocycles. The van der Waals surface area contributed by atoms with Crippen molar-refractivity contribution in [1.29, 1.82) is 0 Å². The summed E-state index contributed by atoms with van der Waals surface area (Å²) in [6, 6.07) is -14.5. The molecule has 4 saturated heterocycles. The Hall–Kier alpha value is -10.6. The van der Waals surface area contributed by atoms with Crippen molar-refractivity contribution in [3.8, 4) is 0 Å². The van der Waals surface area contributed by atoms with Gasteiger partial charge in [0.15, 0.2) is 11.2 Å². The number of amides is 16. The van der Waals surface area contributed by atoms with Gasteiger partial charge in [-0.2, -0.15) is 11.8 Å². The van der Waals surface area contributed by atoms with Crippen molar-refractivity contribution >= 4 is 141 Å². The number of carbonyl (C=O) groups excluding carboxylic acids is 17. The Kier molecular flexibility index (Phi) is 45.1. The molecule has 18 atom stereocenters. The summed E-state index contributed by atoms with van der Waals surface area (Å²) in [5, 5.41) is 77.1. The number of aliphatic hydroxyl groups is 2. The molecule has 43 nitrogen and oxygen atoms in total. The topological polar surface area (TPSA) is 666 Å². The number of primary amides is 1. The molecule has 0 radical (unpaired) electrons. The zero-order valence-electron chi connectivity index (χ0n) is 74.8. The van der Waals surface area contributed by atoms with Crippen LogP contribution in [0.2, 0.25) is 0 Å². The number of likely N-dealkylation sites (tertiary alicyclic amines) is 4. The molecule has 22 N–H and O–H groups in total. The Balaban J connectivity index is 1.34. The first-order valence-electron chi connectivity index (χ1n) is 43.8. The summed E-state index contributed by atoms with van der Waals surface area (Å²) in [6.07, 6.45) is -3.06. The van der Waals surface area contributed by atoms with Gasteiger partial charge < -0.3 is 121 Å². The fraction of sp³-hybridized carbons (Fsp3) is 0.690. The number of hydrogen-bond donors (Lipinski definition) is 19. The Morgan fingerprint density at radius 2 is 0.806 bits per heavy atom. The third-order valence-electron chi connectivity index (χ3n) is 22.6. The smallest absolute Gasteiger partial charge is 0.328 e. The number of nitrogens with zero attached hydrogens (tertiary/aromatic N) is 4. The van der Waals surface area contributed by atoms with Crippen molar-refractivity contribution in [3.63, 3.8) is 0 Å². The minimum absolute atomic E-state index is 0.00245. The number of aliphatic hydroxyl groups excluding tert-OH is 2. The van der Waals surface area contributed by atoms with E-state index in [4.69, 9.17) is 17.2 Å². The average molecular weight is 1860 g/mol. The molecular formula is C84H132N18O25S2. The summed E-state index contributed by atoms with van der Waals surface area (Å²) in [5.74, 6) is -19.9. The molecule has 0 aliphatic carbocycles. The molecular weight excluding hydrogens is 1730 g/mol. The van der Waals surface area contributed by atoms with Crippen LogP contribution in [0.1, 0.15) is 190 Å². The lowest BCUT2D eigenvalue weighted by molar-refractivity contribution is -0.153. The molecule has 0 saturated carbocycles. The van der Waals surface area contributed by atoms with Crippen LogP contribution in [0.5, 0.6) is 0 Å². The summed E-state index contributed by atoms with van der Waals surface area (Å²) in [6.45, 7) is 13.6. The van der Waals surface area contributed by atoms with Gasteiger partial charge in [0.2, 0.25) is 94.5 Å². The first-order valence-corrected chi connectivity index (χ1v) is 46.2. The first-order chi connectivity index (χ1) is 60.8. The molecule has 4 aliphatic rings. The zero-order valence-corrected chi connectivity index (χ0v) is 76.5. The largest absolute Gasteiger partial charge is 0.481 e. The number of carbonyl (C=O) groups is 20. The summed E-state index contributed by atoms with van der Waals surface area (Å²) < 4.78 is 0. The number of carboxylic acids is 3. The molecule has 0 unspecified atom stereocenters. The lowest BCUT2D eigenvalue weighted by Gasteiger charge is -2.36. The lowest BCUT2D eigenvalue weighted by Crippen LogP contribution is -2.62. The third kappa shape index (κ3) is 34.0. The highest BCUT2D eigenvalue weighted by molar-refractivity contribution is 8.13. The predicted octanol–water partition coefficient (Wildman–Crippen LogP) is -3.79. The standard InChI is InChI=1S/C84H132N18O25S2/c1-43(2)40-56(93-77(119)65(44(3)4)95-69(111)50(86)42-129-48(9)105)75(117)90-53(28-31-63(107)108)72(114)91-55(33-39-128-10)73(115)88-51(22-14-15-34-85)70(112)94-57(41-49-20-12-11-13-21-49)80(122)100-36-17-24-59(100)82(124)102-38-19-26-61(102)83(125)101-37-18-25-60(101)81(123)99-35-16-23-58(99)76(118)92-52(27-30-62(87)106)71(113)89-54(29-32-64(109)110)74(116)97-67(46(7)103)79(121)96-66(45(5)6)78(120)98-68(47(8)104)84(126)127/h11-13,20-21,43-47,50-61,65-68,103-104H,14-19,22-42,85-86H2,1-10H3,(H2,87,106)(H,88,115)(H,89,113)(H,90,117)(H,91,114)(H,92,118)(H,93,119)(H,94,112)(H,95,111)(H,96,121)(H,97,116)(H,98,120)(H,107,108)(H,109,110)(H,126,127)/t46-,47-,50+,51+,52+,53+,54+,55+,56+,57+,58+,59+,60+,61+,65+,66+,67+,68+/m1/s1. The van der Waals surface area contributed by atoms with E-state index in [2.05, 4.69) is 58.5 Å². The van der Waals surface area contributed by atoms with Crippen LogP contribution >= 0.6 is 23.5 Å². The molecule has 129 heavy (non-hydrogen) atoms. The van der Waals surface area contributed by atoms with Crippen LogP contribution in [0.4, 0.5) is 0 Å². The number of nitrogens with one attached hydrogen (secondary N) is 11. The molecule has 1 aromatic carbocycles. The van der Waals surface area contributed by atoms with Gasteiger partial charge in [0.1, 0.15) is 84.6 Å². The molecule has 16 amide bonds. The molecule has 0 spiro atoms. The predicted molar refractivity (Wildman–Crippen MR) is 470 cm³/mol. The lowest BCUT2D eigenvalue weighted by atomic mass is 9.99. The van der Waals surface area contributed by atoms with Crippen LogP contribution < -0.4 is 75.7 Å². The molecule has 1 aromatic rings. The van der Waals surface area contributed by atoms with Crippen molar-refractivity contribution in [2.24, 2.45) is 35.0 Å². The summed E-state index contributed by atoms with van der Waals surface area (Å²) in [7, 11) is 0. The van der Waals surface area contributed by atoms with Crippen molar-refractivity contribution in [3.05, 3.63) is 35.9 Å². The maximum Gasteiger partial charge on any atom is 0.328 e. The number of hydrogen-bond acceptors (Lipinski definition) is 26. The fourth-order valence-electron chi connectivity index (χ4n) is 15.6. The SMILES string of the molecule is CSCC[C@H](NC(=O)[C@H](CCC(=O)O)NC(=O)[C@H](CC(C)C)NC(=O)[C@@H](NC(=O)[C@@H](N)CSC(C)=O)C(C)C)C(=O)N[C@@H](CCCCN)C(=O)N[C@@H](Cc1ccccc1)C(=O)N1CCC[C@H]1C(=O)N1CCC[C@H]1C(=O)N1CCC[C@H]1C(=O)N1CCC[C@H]1C(=O)N[C@@H](CCC(N)=O)C(=O)N[C@@H](CCC(=O)O)C(=O)N[C@H](C(=O)N[C@H](C(=O)N[C@H](C(=O)O)[C@@H](C)O)C(C)C)[C@@H](C)O. The van der Waals surface area contributed by atoms with Crippen molar-refractivity contribution in [2.75, 3.05) is 50.5 Å². The number of unbranched alkanes of at least 4 members (excludes halogenated alkanes) is 1. The van der Waals surface area contributed by atoms with Gasteiger partial charge in [-0.3, -0.25) is 91.1 Å². The van der Waals surface area contributed by atoms with E-state index in [0.29, 0.717) is 31.2 Å². The van der Waals surface area contributed by atoms with Crippen LogP contribution in [-0.2, 0) is 102 Å². The van der Waals surface area contributed by atoms with Gasteiger partial charge in [-0.05, 0) is 158 Å². The normalized spacial score (nSPS) is 19.4. The van der Waals surface area contributed by atoms with Gasteiger partial charge in [0.25, 0.3) is 0 Å². The van der Waals surface area contributed by atoms with Gasteiger partial charge in [0.05, 0.1) is 18.2 Å². The van der Waals surface area contributed by atoms with E-state index in [1.165, 1.54) is 52.1 Å². The number of aliphatic carboxylic acids is 3. The summed E-state index contributed by atoms with van der Waals surface area (Å²) in [4.78, 5) is 281. The van der Waals surface area contributed by atoms with Crippen LogP contribution in [0.15, 0.2) is 30.3 Å². The molecule has 45 heteroatoms. The number of carboxylic acid groups (broad SMARTS) is 3. The van der Waals surface area contributed by atoms with Crippen molar-refractivity contribution in [2.45, 2.75) is 300 Å². The van der Waals surface area contributed by atoms with Crippen LogP contribution in [-0.4, -0.2) is 322 Å². The van der Waals surface area contributed by atoms with Gasteiger partial charge in [0, 0.05) is 64.5 Å². The first kappa shape index (κ1) is 109. The maximum atomic E-state index is 15.4. The Morgan fingerprint density at radius 3 is 1.24 bits per heavy atom. The Morgan fingerprint density at radius 1 is 0.434 bits per heavy atom. The van der Waals surface area contributed by atoms with E-state index in [1.807, 2.05) is 0 Å². The highest BCUT2D eigenvalue weighted by atomic mass is 32.2. The maximum absolute atomic E-state index is 15.4. The van der Waals surface area contributed by atoms with Crippen molar-refractivity contribution in [1.82, 2.24) is 78.1 Å². The van der Waals surface area contributed by atoms with Gasteiger partial charge >= 0.3 is 17.9 Å². The van der Waals surface area contributed by atoms with Gasteiger partial charge in [-0.1, -0.05) is 83.6 Å². The molecule has 0 aromatic heterocycles. The van der Waals surface area contributed by atoms with Gasteiger partial charge in [-0.25, -0.2) is 4.79 Å². The highest BCUT2D eigenvalue weighted by Crippen LogP contribution is 2.32. The van der Waals surface area contributed by atoms with E-state index in [1.54, 1.807) is 64.3 Å². The second kappa shape index (κ2) is 53.5. The number of nitrogens with two attached hydrogens (primary N) is 3. The minimum atomic E-state index is -1.91. The number of rotatable bonds is 53. The van der Waals surface area contributed by atoms with E-state index >= 15 is 19.2 Å². The monoisotopic (exact) mass is 1860 g/mol. The number of thioether (sulfide) groups is 2. The van der Waals surface area contributed by atoms with Crippen LogP contribution in [0.3, 0.4) is 0 Å². The van der Waals surface area contributed by atoms with E-state index in [-0.39, 0.29) is 119 Å². The molecule has 0 bridgehead atoms. The highest BCUT2D eigenvalue weighted by Gasteiger charge is 2.50. The van der Waals surface area contributed by atoms with E-state index in [9.17, 15) is 102 Å². The van der Waals surface area contributed by atoms with Crippen molar-refractivity contribution < 1.29 is 121 Å². The Labute approximate surface area is 757 Å². The van der Waals surface area contributed by atoms with Gasteiger partial charge in [-0.15, -0.1) is 0 Å². The second-order valence-electron chi connectivity index (χ2n) is 34.1. The fourth-order valence-corrected chi connectivity index (χ4v) is 16.7. The van der Waals surface area contributed by atoms with Crippen LogP contribution in [0.25, 0.3) is 0 Å². The number of benzene rings is 1. The van der Waals surface area contributed by atoms with E-state index < -0.39 is 272 Å². The summed E-state index contributed by atoms with van der Waals surface area (Å²) >= 11 is 2.13. The zero-order chi connectivity index (χ0) is 96.4. The van der Waals surface area contributed by atoms with E-state index in [0.717, 1.165) is 25.6 Å². The summed E-state index contributed by atoms with van der Waals surface area (Å²) in [5.41, 5.74) is 18.0. The third-order valence-corrected chi connectivity index (χ3v) is 24.2. The quantitative estimate of drug-likeness (QED) is 0.0278. The van der Waals surface area contributed by atoms with Crippen LogP contribution in [0, 0.1) is 17.8 Å². The minimum Gasteiger partial charge on any atom is -0.481 e.